The highest BCUT2D eigenvalue weighted by Gasteiger charge is 2.00. The Kier molecular flexibility index (Phi) is 3.28. The van der Waals surface area contributed by atoms with Crippen LogP contribution in [0.4, 0.5) is 0 Å². The zero-order chi connectivity index (χ0) is 11.4. The smallest absolute Gasteiger partial charge is 0.186 e. The molecule has 0 saturated carbocycles. The third kappa shape index (κ3) is 2.65. The fraction of sp³-hybridized carbons (Fsp3) is 0. The van der Waals surface area contributed by atoms with Gasteiger partial charge in [0.05, 0.1) is 11.1 Å². The molecule has 1 unspecified atom stereocenters. The van der Waals surface area contributed by atoms with Crippen LogP contribution < -0.4 is 4.74 Å². The molecule has 0 radical (unpaired) electrons. The molecule has 16 heavy (non-hydrogen) atoms. The molecule has 0 amide bonds. The molecule has 0 aliphatic heterocycles. The van der Waals surface area contributed by atoms with Crippen LogP contribution in [-0.2, 0) is 11.1 Å². The summed E-state index contributed by atoms with van der Waals surface area (Å²) < 4.78 is 25.0. The molecule has 0 spiro atoms. The Balaban J connectivity index is 2.14. The van der Waals surface area contributed by atoms with Gasteiger partial charge in [0.25, 0.3) is 0 Å². The van der Waals surface area contributed by atoms with E-state index in [0.29, 0.717) is 16.4 Å². The normalized spacial score (nSPS) is 12.1. The molecule has 2 rings (SSSR count). The summed E-state index contributed by atoms with van der Waals surface area (Å²) in [5.74, 6) is 1.22. The van der Waals surface area contributed by atoms with Gasteiger partial charge in [-0.05, 0) is 36.4 Å². The molecule has 1 aromatic carbocycles. The van der Waals surface area contributed by atoms with Crippen LogP contribution in [0, 0.1) is 0 Å². The van der Waals surface area contributed by atoms with Crippen LogP contribution >= 0.6 is 0 Å². The molecule has 82 valence electrons. The Hall–Kier alpha value is -1.72. The molecule has 2 aromatic rings. The maximum atomic E-state index is 10.7. The first-order valence-electron chi connectivity index (χ1n) is 4.54. The monoisotopic (exact) mass is 235 g/mol. The number of nitrogens with zero attached hydrogens (tertiary/aromatic N) is 1. The van der Waals surface area contributed by atoms with Crippen LogP contribution in [0.15, 0.2) is 53.7 Å². The predicted octanol–water partition coefficient (Wildman–Crippen LogP) is 2.45. The number of rotatable bonds is 3. The van der Waals surface area contributed by atoms with Crippen molar-refractivity contribution in [2.45, 2.75) is 4.90 Å². The maximum Gasteiger partial charge on any atom is 0.186 e. The standard InChI is InChI=1S/C11H9NO3S/c13-16(14)11-5-3-9(4-6-11)15-10-2-1-7-12-8-10/h1-8H,(H,13,14). The molecule has 1 heterocycles. The second-order valence-electron chi connectivity index (χ2n) is 3.01. The summed E-state index contributed by atoms with van der Waals surface area (Å²) in [6.07, 6.45) is 3.25. The summed E-state index contributed by atoms with van der Waals surface area (Å²) in [7, 11) is 0. The van der Waals surface area contributed by atoms with Crippen molar-refractivity contribution in [3.8, 4) is 11.5 Å². The van der Waals surface area contributed by atoms with Gasteiger partial charge in [0, 0.05) is 6.20 Å². The van der Waals surface area contributed by atoms with Crippen molar-refractivity contribution in [2.24, 2.45) is 0 Å². The minimum absolute atomic E-state index is 0.346. The average Bonchev–Trinajstić information content (AvgIpc) is 2.31. The van der Waals surface area contributed by atoms with E-state index in [1.54, 1.807) is 48.8 Å². The number of benzene rings is 1. The topological polar surface area (TPSA) is 59.4 Å². The van der Waals surface area contributed by atoms with E-state index in [-0.39, 0.29) is 0 Å². The lowest BCUT2D eigenvalue weighted by molar-refractivity contribution is 0.479. The molecule has 1 atom stereocenters. The lowest BCUT2D eigenvalue weighted by Gasteiger charge is -2.04. The molecule has 0 bridgehead atoms. The Morgan fingerprint density at radius 2 is 1.88 bits per heavy atom. The minimum Gasteiger partial charge on any atom is -0.456 e. The van der Waals surface area contributed by atoms with Gasteiger partial charge in [-0.3, -0.25) is 4.98 Å². The van der Waals surface area contributed by atoms with Crippen LogP contribution in [-0.4, -0.2) is 13.7 Å². The van der Waals surface area contributed by atoms with E-state index in [0.717, 1.165) is 0 Å². The molecular formula is C11H9NO3S. The van der Waals surface area contributed by atoms with Crippen molar-refractivity contribution in [3.05, 3.63) is 48.8 Å². The van der Waals surface area contributed by atoms with E-state index in [9.17, 15) is 4.21 Å². The van der Waals surface area contributed by atoms with E-state index in [4.69, 9.17) is 9.29 Å². The largest absolute Gasteiger partial charge is 0.456 e. The molecule has 0 aliphatic rings. The highest BCUT2D eigenvalue weighted by atomic mass is 32.2. The third-order valence-electron chi connectivity index (χ3n) is 1.90. The first kappa shape index (κ1) is 10.8. The van der Waals surface area contributed by atoms with Gasteiger partial charge >= 0.3 is 0 Å². The zero-order valence-electron chi connectivity index (χ0n) is 8.24. The summed E-state index contributed by atoms with van der Waals surface area (Å²) >= 11 is -1.95. The zero-order valence-corrected chi connectivity index (χ0v) is 9.05. The van der Waals surface area contributed by atoms with Crippen LogP contribution in [0.5, 0.6) is 11.5 Å². The Bertz CT molecular complexity index is 484. The second kappa shape index (κ2) is 4.87. The summed E-state index contributed by atoms with van der Waals surface area (Å²) in [4.78, 5) is 4.26. The quantitative estimate of drug-likeness (QED) is 0.830. The molecule has 5 heteroatoms. The predicted molar refractivity (Wildman–Crippen MR) is 59.8 cm³/mol. The maximum absolute atomic E-state index is 10.7. The Morgan fingerprint density at radius 1 is 1.12 bits per heavy atom. The summed E-state index contributed by atoms with van der Waals surface area (Å²) in [5.41, 5.74) is 0. The van der Waals surface area contributed by atoms with Crippen molar-refractivity contribution in [1.82, 2.24) is 4.98 Å². The van der Waals surface area contributed by atoms with E-state index in [1.165, 1.54) is 0 Å². The molecule has 1 aromatic heterocycles. The highest BCUT2D eigenvalue weighted by Crippen LogP contribution is 2.20. The van der Waals surface area contributed by atoms with Gasteiger partial charge in [-0.2, -0.15) is 0 Å². The summed E-state index contributed by atoms with van der Waals surface area (Å²) in [6.45, 7) is 0. The summed E-state index contributed by atoms with van der Waals surface area (Å²) in [6, 6.07) is 9.91. The summed E-state index contributed by atoms with van der Waals surface area (Å²) in [5, 5.41) is 0. The Labute approximate surface area is 95.2 Å². The van der Waals surface area contributed by atoms with Crippen molar-refractivity contribution in [3.63, 3.8) is 0 Å². The van der Waals surface area contributed by atoms with Gasteiger partial charge in [0.15, 0.2) is 11.1 Å². The molecule has 1 N–H and O–H groups in total. The fourth-order valence-corrected chi connectivity index (χ4v) is 1.54. The fourth-order valence-electron chi connectivity index (χ4n) is 1.17. The first-order valence-corrected chi connectivity index (χ1v) is 5.65. The van der Waals surface area contributed by atoms with Gasteiger partial charge in [-0.25, -0.2) is 4.21 Å². The lowest BCUT2D eigenvalue weighted by Crippen LogP contribution is -1.89. The molecule has 0 fully saturated rings. The van der Waals surface area contributed by atoms with Crippen molar-refractivity contribution in [1.29, 1.82) is 0 Å². The van der Waals surface area contributed by atoms with Crippen molar-refractivity contribution in [2.75, 3.05) is 0 Å². The van der Waals surface area contributed by atoms with E-state index in [1.807, 2.05) is 0 Å². The number of aromatic nitrogens is 1. The molecule has 0 aliphatic carbocycles. The second-order valence-corrected chi connectivity index (χ2v) is 3.98. The van der Waals surface area contributed by atoms with Crippen molar-refractivity contribution >= 4 is 11.1 Å². The van der Waals surface area contributed by atoms with E-state index in [2.05, 4.69) is 4.98 Å². The number of hydrogen-bond acceptors (Lipinski definition) is 3. The highest BCUT2D eigenvalue weighted by molar-refractivity contribution is 7.79. The number of pyridine rings is 1. The van der Waals surface area contributed by atoms with Gasteiger partial charge in [-0.1, -0.05) is 0 Å². The van der Waals surface area contributed by atoms with Crippen LogP contribution in [0.2, 0.25) is 0 Å². The number of ether oxygens (including phenoxy) is 1. The van der Waals surface area contributed by atoms with Gasteiger partial charge < -0.3 is 9.29 Å². The van der Waals surface area contributed by atoms with Gasteiger partial charge in [-0.15, -0.1) is 0 Å². The average molecular weight is 235 g/mol. The van der Waals surface area contributed by atoms with Crippen LogP contribution in [0.25, 0.3) is 0 Å². The first-order chi connectivity index (χ1) is 7.75. The molecular weight excluding hydrogens is 226 g/mol. The Morgan fingerprint density at radius 3 is 2.44 bits per heavy atom. The lowest BCUT2D eigenvalue weighted by atomic mass is 10.3. The van der Waals surface area contributed by atoms with Gasteiger partial charge in [0.1, 0.15) is 11.5 Å². The van der Waals surface area contributed by atoms with E-state index < -0.39 is 11.1 Å². The van der Waals surface area contributed by atoms with E-state index >= 15 is 0 Å². The molecule has 4 nitrogen and oxygen atoms in total. The SMILES string of the molecule is O=S(O)c1ccc(Oc2cccnc2)cc1. The number of hydrogen-bond donors (Lipinski definition) is 1. The van der Waals surface area contributed by atoms with Crippen LogP contribution in [0.3, 0.4) is 0 Å². The third-order valence-corrected chi connectivity index (χ3v) is 2.57. The van der Waals surface area contributed by atoms with Gasteiger partial charge in [0.2, 0.25) is 0 Å². The van der Waals surface area contributed by atoms with Crippen LogP contribution in [0.1, 0.15) is 0 Å². The van der Waals surface area contributed by atoms with Crippen molar-refractivity contribution < 1.29 is 13.5 Å². The minimum atomic E-state index is -1.95. The molecule has 0 saturated heterocycles.